The van der Waals surface area contributed by atoms with Crippen molar-refractivity contribution in [1.29, 1.82) is 0 Å². The van der Waals surface area contributed by atoms with Crippen molar-refractivity contribution in [2.75, 3.05) is 24.6 Å². The molecule has 238 valence electrons. The van der Waals surface area contributed by atoms with E-state index in [4.69, 9.17) is 4.74 Å². The second kappa shape index (κ2) is 12.5. The molecular weight excluding hydrogens is 605 g/mol. The summed E-state index contributed by atoms with van der Waals surface area (Å²) in [6, 6.07) is 11.4. The first-order chi connectivity index (χ1) is 21.6. The van der Waals surface area contributed by atoms with Crippen molar-refractivity contribution in [3.8, 4) is 0 Å². The molecule has 3 atom stereocenters. The van der Waals surface area contributed by atoms with Gasteiger partial charge in [-0.05, 0) is 86.1 Å². The van der Waals surface area contributed by atoms with Crippen LogP contribution in [0.2, 0.25) is 0 Å². The summed E-state index contributed by atoms with van der Waals surface area (Å²) < 4.78 is 62.9. The van der Waals surface area contributed by atoms with Crippen molar-refractivity contribution in [1.82, 2.24) is 23.9 Å². The maximum Gasteiger partial charge on any atom is 0.452 e. The second-order valence-electron chi connectivity index (χ2n) is 11.6. The van der Waals surface area contributed by atoms with Gasteiger partial charge in [0.25, 0.3) is 0 Å². The molecule has 0 spiro atoms. The molecule has 9 nitrogen and oxygen atoms in total. The fourth-order valence-electron chi connectivity index (χ4n) is 6.50. The summed E-state index contributed by atoms with van der Waals surface area (Å²) >= 11 is 0. The Morgan fingerprint density at radius 2 is 1.98 bits per heavy atom. The summed E-state index contributed by atoms with van der Waals surface area (Å²) in [7, 11) is -1.44. The third kappa shape index (κ3) is 6.07. The van der Waals surface area contributed by atoms with Gasteiger partial charge in [-0.3, -0.25) is 9.20 Å². The van der Waals surface area contributed by atoms with E-state index in [0.717, 1.165) is 52.7 Å². The van der Waals surface area contributed by atoms with Gasteiger partial charge >= 0.3 is 12.1 Å². The quantitative estimate of drug-likeness (QED) is 0.238. The summed E-state index contributed by atoms with van der Waals surface area (Å²) in [4.78, 5) is 20.5. The Morgan fingerprint density at radius 3 is 2.76 bits per heavy atom. The number of aryl methyl sites for hydroxylation is 2. The SMILES string of the molecule is CCOC(=O)CC(c1ccc(C)c(CN2C[C@@H]3CCCCN3c3ncccc3S2=O)c1)c1ccn2c(C(F)(F)F)nnc2c1C. The highest BCUT2D eigenvalue weighted by molar-refractivity contribution is 7.82. The lowest BCUT2D eigenvalue weighted by Crippen LogP contribution is -2.45. The van der Waals surface area contributed by atoms with Crippen LogP contribution in [0, 0.1) is 13.8 Å². The van der Waals surface area contributed by atoms with Crippen molar-refractivity contribution in [2.24, 2.45) is 0 Å². The fourth-order valence-corrected chi connectivity index (χ4v) is 7.86. The number of ether oxygens (including phenoxy) is 1. The van der Waals surface area contributed by atoms with Gasteiger partial charge in [-0.2, -0.15) is 13.2 Å². The number of aromatic nitrogens is 4. The van der Waals surface area contributed by atoms with Gasteiger partial charge in [0, 0.05) is 44.0 Å². The molecule has 0 bridgehead atoms. The molecule has 3 aromatic heterocycles. The summed E-state index contributed by atoms with van der Waals surface area (Å²) in [6.07, 6.45) is 1.53. The lowest BCUT2D eigenvalue weighted by molar-refractivity contribution is -0.145. The smallest absolute Gasteiger partial charge is 0.452 e. The number of rotatable bonds is 7. The fraction of sp³-hybridized carbons (Fsp3) is 0.438. The standard InChI is InChI=1S/C32H35F3N6O3S/c1-4-44-28(42)17-26(25-12-15-41-29(21(25)3)37-38-31(41)32(33,34)35)22-11-10-20(2)23(16-22)18-39-19-24-8-5-6-14-40(24)30-27(45(39)43)9-7-13-36-30/h7,9-13,15-16,24,26H,4-6,8,14,17-19H2,1-3H3/t24-,26?,45?/m0/s1. The third-order valence-corrected chi connectivity index (χ3v) is 10.2. The third-order valence-electron chi connectivity index (χ3n) is 8.78. The Hall–Kier alpha value is -3.84. The summed E-state index contributed by atoms with van der Waals surface area (Å²) in [5, 5.41) is 7.24. The summed E-state index contributed by atoms with van der Waals surface area (Å²) in [5.41, 5.74) is 3.97. The maximum atomic E-state index is 14.0. The van der Waals surface area contributed by atoms with Crippen LogP contribution in [0.25, 0.3) is 5.65 Å². The molecule has 4 aromatic rings. The molecule has 0 aliphatic carbocycles. The van der Waals surface area contributed by atoms with Gasteiger partial charge < -0.3 is 9.64 Å². The number of piperidine rings is 1. The maximum absolute atomic E-state index is 14.0. The molecule has 6 rings (SSSR count). The minimum Gasteiger partial charge on any atom is -0.466 e. The van der Waals surface area contributed by atoms with Gasteiger partial charge in [0.05, 0.1) is 17.9 Å². The number of hydrogen-bond donors (Lipinski definition) is 0. The largest absolute Gasteiger partial charge is 0.466 e. The predicted molar refractivity (Wildman–Crippen MR) is 163 cm³/mol. The Kier molecular flexibility index (Phi) is 8.66. The van der Waals surface area contributed by atoms with Crippen LogP contribution in [0.1, 0.15) is 72.2 Å². The Balaban J connectivity index is 1.38. The van der Waals surface area contributed by atoms with Crippen molar-refractivity contribution in [3.05, 3.63) is 82.4 Å². The molecule has 1 saturated heterocycles. The number of carbonyl (C=O) groups excluding carboxylic acids is 1. The zero-order valence-corrected chi connectivity index (χ0v) is 26.2. The minimum atomic E-state index is -4.66. The minimum absolute atomic E-state index is 0.0145. The van der Waals surface area contributed by atoms with Crippen molar-refractivity contribution < 1.29 is 26.9 Å². The van der Waals surface area contributed by atoms with Gasteiger partial charge in [-0.1, -0.05) is 18.2 Å². The number of fused-ring (bicyclic) bond motifs is 4. The molecule has 1 aromatic carbocycles. The van der Waals surface area contributed by atoms with Crippen molar-refractivity contribution in [2.45, 2.75) is 76.0 Å². The molecule has 2 aliphatic heterocycles. The van der Waals surface area contributed by atoms with Gasteiger partial charge in [0.15, 0.2) is 5.65 Å². The van der Waals surface area contributed by atoms with Gasteiger partial charge in [0.1, 0.15) is 16.8 Å². The van der Waals surface area contributed by atoms with Crippen LogP contribution in [-0.2, 0) is 33.2 Å². The normalized spacial score (nSPS) is 19.6. The van der Waals surface area contributed by atoms with Gasteiger partial charge in [-0.15, -0.1) is 10.2 Å². The molecule has 0 saturated carbocycles. The lowest BCUT2D eigenvalue weighted by Gasteiger charge is -2.36. The van der Waals surface area contributed by atoms with E-state index in [1.54, 1.807) is 26.1 Å². The van der Waals surface area contributed by atoms with Crippen LogP contribution in [0.5, 0.6) is 0 Å². The molecule has 2 unspecified atom stereocenters. The molecule has 0 amide bonds. The molecule has 13 heteroatoms. The van der Waals surface area contributed by atoms with Crippen LogP contribution in [0.15, 0.2) is 53.7 Å². The number of alkyl halides is 3. The van der Waals surface area contributed by atoms with Crippen molar-refractivity contribution in [3.63, 3.8) is 0 Å². The average Bonchev–Trinajstić information content (AvgIpc) is 3.43. The number of benzene rings is 1. The molecule has 5 heterocycles. The topological polar surface area (TPSA) is 92.9 Å². The number of carbonyl (C=O) groups is 1. The monoisotopic (exact) mass is 640 g/mol. The van der Waals surface area contributed by atoms with E-state index in [2.05, 4.69) is 20.1 Å². The van der Waals surface area contributed by atoms with E-state index in [-0.39, 0.29) is 24.7 Å². The lowest BCUT2D eigenvalue weighted by atomic mass is 9.85. The Labute approximate surface area is 262 Å². The van der Waals surface area contributed by atoms with Gasteiger partial charge in [-0.25, -0.2) is 13.5 Å². The van der Waals surface area contributed by atoms with Crippen LogP contribution in [0.3, 0.4) is 0 Å². The number of halogens is 3. The predicted octanol–water partition coefficient (Wildman–Crippen LogP) is 5.74. The number of esters is 1. The highest BCUT2D eigenvalue weighted by atomic mass is 32.2. The first-order valence-electron chi connectivity index (χ1n) is 15.1. The molecule has 2 aliphatic rings. The number of pyridine rings is 2. The highest BCUT2D eigenvalue weighted by Gasteiger charge is 2.38. The zero-order valence-electron chi connectivity index (χ0n) is 25.4. The molecule has 0 radical (unpaired) electrons. The molecule has 0 N–H and O–H groups in total. The number of nitrogens with zero attached hydrogens (tertiary/aromatic N) is 6. The van der Waals surface area contributed by atoms with Gasteiger partial charge in [0.2, 0.25) is 5.82 Å². The molecule has 1 fully saturated rings. The van der Waals surface area contributed by atoms with E-state index >= 15 is 0 Å². The average molecular weight is 641 g/mol. The molecule has 45 heavy (non-hydrogen) atoms. The second-order valence-corrected chi connectivity index (χ2v) is 13.1. The summed E-state index contributed by atoms with van der Waals surface area (Å²) in [6.45, 7) is 7.52. The van der Waals surface area contributed by atoms with Crippen LogP contribution >= 0.6 is 0 Å². The van der Waals surface area contributed by atoms with Crippen LogP contribution in [0.4, 0.5) is 19.0 Å². The van der Waals surface area contributed by atoms with E-state index < -0.39 is 34.9 Å². The number of hydrogen-bond acceptors (Lipinski definition) is 7. The van der Waals surface area contributed by atoms with E-state index in [1.807, 2.05) is 41.6 Å². The van der Waals surface area contributed by atoms with Crippen LogP contribution in [-0.4, -0.2) is 59.8 Å². The zero-order chi connectivity index (χ0) is 31.9. The van der Waals surface area contributed by atoms with Crippen LogP contribution < -0.4 is 4.90 Å². The van der Waals surface area contributed by atoms with E-state index in [0.29, 0.717) is 29.1 Å². The highest BCUT2D eigenvalue weighted by Crippen LogP contribution is 2.37. The molecular formula is C32H35F3N6O3S. The Bertz CT molecular complexity index is 1760. The first-order valence-corrected chi connectivity index (χ1v) is 16.2. The Morgan fingerprint density at radius 1 is 1.16 bits per heavy atom. The summed E-state index contributed by atoms with van der Waals surface area (Å²) in [5.74, 6) is -1.26. The van der Waals surface area contributed by atoms with E-state index in [9.17, 15) is 22.2 Å². The first kappa shape index (κ1) is 31.2. The van der Waals surface area contributed by atoms with Crippen molar-refractivity contribution >= 4 is 28.4 Å². The van der Waals surface area contributed by atoms with E-state index in [1.165, 1.54) is 6.20 Å². The number of anilines is 1.